The van der Waals surface area contributed by atoms with Gasteiger partial charge in [0, 0.05) is 13.6 Å². The van der Waals surface area contributed by atoms with Gasteiger partial charge in [0.15, 0.2) is 0 Å². The first-order chi connectivity index (χ1) is 9.69. The fourth-order valence-electron chi connectivity index (χ4n) is 2.63. The van der Waals surface area contributed by atoms with E-state index in [0.29, 0.717) is 18.6 Å². The van der Waals surface area contributed by atoms with Gasteiger partial charge < -0.3 is 15.4 Å². The van der Waals surface area contributed by atoms with Crippen LogP contribution in [0.5, 0.6) is 6.01 Å². The second-order valence-corrected chi connectivity index (χ2v) is 5.51. The van der Waals surface area contributed by atoms with Crippen LogP contribution in [0.2, 0.25) is 0 Å². The Kier molecular flexibility index (Phi) is 5.38. The molecule has 0 amide bonds. The summed E-state index contributed by atoms with van der Waals surface area (Å²) in [6.07, 6.45) is 7.55. The quantitative estimate of drug-likeness (QED) is 0.860. The summed E-state index contributed by atoms with van der Waals surface area (Å²) in [6, 6.07) is 0.324. The van der Waals surface area contributed by atoms with Crippen molar-refractivity contribution in [1.29, 1.82) is 0 Å². The lowest BCUT2D eigenvalue weighted by atomic mass is 9.89. The monoisotopic (exact) mass is 279 g/mol. The number of nitrogens with zero attached hydrogens (tertiary/aromatic N) is 4. The van der Waals surface area contributed by atoms with E-state index in [2.05, 4.69) is 19.9 Å². The zero-order valence-corrected chi connectivity index (χ0v) is 12.5. The summed E-state index contributed by atoms with van der Waals surface area (Å²) in [7, 11) is 2.01. The SMILES string of the molecule is CCCOc1nc(N)nc(N(C)CC2CCCCC2)n1. The van der Waals surface area contributed by atoms with Gasteiger partial charge in [0.1, 0.15) is 0 Å². The maximum absolute atomic E-state index is 5.73. The van der Waals surface area contributed by atoms with Crippen molar-refractivity contribution >= 4 is 11.9 Å². The van der Waals surface area contributed by atoms with Crippen molar-refractivity contribution < 1.29 is 4.74 Å². The molecule has 1 heterocycles. The van der Waals surface area contributed by atoms with E-state index in [-0.39, 0.29) is 5.95 Å². The van der Waals surface area contributed by atoms with Crippen molar-refractivity contribution in [2.24, 2.45) is 5.92 Å². The van der Waals surface area contributed by atoms with E-state index in [9.17, 15) is 0 Å². The molecule has 0 aromatic carbocycles. The standard InChI is InChI=1S/C14H25N5O/c1-3-9-20-14-17-12(15)16-13(18-14)19(2)10-11-7-5-4-6-8-11/h11H,3-10H2,1-2H3,(H2,15,16,17,18). The first-order valence-electron chi connectivity index (χ1n) is 7.54. The number of anilines is 2. The van der Waals surface area contributed by atoms with Crippen LogP contribution in [0.15, 0.2) is 0 Å². The van der Waals surface area contributed by atoms with Crippen molar-refractivity contribution in [1.82, 2.24) is 15.0 Å². The Hall–Kier alpha value is -1.59. The molecule has 0 atom stereocenters. The van der Waals surface area contributed by atoms with Crippen molar-refractivity contribution in [3.8, 4) is 6.01 Å². The van der Waals surface area contributed by atoms with Crippen LogP contribution < -0.4 is 15.4 Å². The summed E-state index contributed by atoms with van der Waals surface area (Å²) >= 11 is 0. The second-order valence-electron chi connectivity index (χ2n) is 5.51. The molecule has 1 aromatic rings. The van der Waals surface area contributed by atoms with Gasteiger partial charge in [0.05, 0.1) is 6.61 Å². The molecule has 2 N–H and O–H groups in total. The minimum absolute atomic E-state index is 0.219. The van der Waals surface area contributed by atoms with E-state index >= 15 is 0 Å². The maximum Gasteiger partial charge on any atom is 0.323 e. The zero-order chi connectivity index (χ0) is 14.4. The number of aromatic nitrogens is 3. The zero-order valence-electron chi connectivity index (χ0n) is 12.5. The molecule has 0 aliphatic heterocycles. The lowest BCUT2D eigenvalue weighted by Gasteiger charge is -2.27. The van der Waals surface area contributed by atoms with E-state index in [1.165, 1.54) is 32.1 Å². The number of hydrogen-bond donors (Lipinski definition) is 1. The highest BCUT2D eigenvalue weighted by molar-refractivity contribution is 5.35. The summed E-state index contributed by atoms with van der Waals surface area (Å²) in [4.78, 5) is 14.6. The number of nitrogens with two attached hydrogens (primary N) is 1. The van der Waals surface area contributed by atoms with E-state index < -0.39 is 0 Å². The minimum atomic E-state index is 0.219. The van der Waals surface area contributed by atoms with Gasteiger partial charge in [-0.2, -0.15) is 15.0 Å². The fourth-order valence-corrected chi connectivity index (χ4v) is 2.63. The van der Waals surface area contributed by atoms with Crippen molar-refractivity contribution in [2.45, 2.75) is 45.4 Å². The lowest BCUT2D eigenvalue weighted by molar-refractivity contribution is 0.291. The Morgan fingerprint density at radius 2 is 1.95 bits per heavy atom. The molecule has 0 saturated heterocycles. The maximum atomic E-state index is 5.73. The largest absolute Gasteiger partial charge is 0.463 e. The third-order valence-corrected chi connectivity index (χ3v) is 3.65. The molecule has 20 heavy (non-hydrogen) atoms. The number of hydrogen-bond acceptors (Lipinski definition) is 6. The average Bonchev–Trinajstić information content (AvgIpc) is 2.45. The Morgan fingerprint density at radius 1 is 1.20 bits per heavy atom. The van der Waals surface area contributed by atoms with Gasteiger partial charge in [-0.25, -0.2) is 0 Å². The molecular formula is C14H25N5O. The third-order valence-electron chi connectivity index (χ3n) is 3.65. The smallest absolute Gasteiger partial charge is 0.323 e. The highest BCUT2D eigenvalue weighted by Crippen LogP contribution is 2.25. The molecule has 1 aliphatic carbocycles. The normalized spacial score (nSPS) is 16.1. The van der Waals surface area contributed by atoms with Gasteiger partial charge in [-0.15, -0.1) is 0 Å². The molecule has 2 rings (SSSR count). The molecule has 1 fully saturated rings. The second kappa shape index (κ2) is 7.26. The van der Waals surface area contributed by atoms with Crippen LogP contribution in [0.3, 0.4) is 0 Å². The van der Waals surface area contributed by atoms with Crippen molar-refractivity contribution in [3.63, 3.8) is 0 Å². The molecule has 6 heteroatoms. The van der Waals surface area contributed by atoms with Crippen LogP contribution in [0.25, 0.3) is 0 Å². The van der Waals surface area contributed by atoms with Crippen LogP contribution in [-0.2, 0) is 0 Å². The summed E-state index contributed by atoms with van der Waals surface area (Å²) in [6.45, 7) is 3.60. The first kappa shape index (κ1) is 14.8. The number of ether oxygens (including phenoxy) is 1. The molecule has 0 bridgehead atoms. The molecule has 1 saturated carbocycles. The predicted octanol–water partition coefficient (Wildman–Crippen LogP) is 2.26. The molecular weight excluding hydrogens is 254 g/mol. The van der Waals surface area contributed by atoms with Gasteiger partial charge in [-0.3, -0.25) is 0 Å². The number of nitrogen functional groups attached to an aromatic ring is 1. The molecule has 0 radical (unpaired) electrons. The van der Waals surface area contributed by atoms with Crippen LogP contribution in [0.1, 0.15) is 45.4 Å². The van der Waals surface area contributed by atoms with Crippen LogP contribution in [0.4, 0.5) is 11.9 Å². The Morgan fingerprint density at radius 3 is 2.65 bits per heavy atom. The minimum Gasteiger partial charge on any atom is -0.463 e. The highest BCUT2D eigenvalue weighted by atomic mass is 16.5. The molecule has 6 nitrogen and oxygen atoms in total. The van der Waals surface area contributed by atoms with Crippen molar-refractivity contribution in [2.75, 3.05) is 30.8 Å². The van der Waals surface area contributed by atoms with Crippen LogP contribution in [0, 0.1) is 5.92 Å². The first-order valence-corrected chi connectivity index (χ1v) is 7.54. The average molecular weight is 279 g/mol. The van der Waals surface area contributed by atoms with Gasteiger partial charge in [-0.1, -0.05) is 26.2 Å². The predicted molar refractivity (Wildman–Crippen MR) is 79.9 cm³/mol. The van der Waals surface area contributed by atoms with E-state index in [0.717, 1.165) is 18.9 Å². The van der Waals surface area contributed by atoms with Gasteiger partial charge in [0.2, 0.25) is 11.9 Å². The Balaban J connectivity index is 2.00. The van der Waals surface area contributed by atoms with Crippen LogP contribution in [-0.4, -0.2) is 35.2 Å². The fraction of sp³-hybridized carbons (Fsp3) is 0.786. The number of rotatable bonds is 6. The van der Waals surface area contributed by atoms with E-state index in [4.69, 9.17) is 10.5 Å². The van der Waals surface area contributed by atoms with E-state index in [1.54, 1.807) is 0 Å². The molecule has 112 valence electrons. The molecule has 0 spiro atoms. The Bertz CT molecular complexity index is 420. The third kappa shape index (κ3) is 4.21. The van der Waals surface area contributed by atoms with E-state index in [1.807, 2.05) is 14.0 Å². The summed E-state index contributed by atoms with van der Waals surface area (Å²) < 4.78 is 5.45. The lowest BCUT2D eigenvalue weighted by Crippen LogP contribution is -2.28. The van der Waals surface area contributed by atoms with Gasteiger partial charge in [0.25, 0.3) is 0 Å². The molecule has 0 unspecified atom stereocenters. The Labute approximate surface area is 120 Å². The van der Waals surface area contributed by atoms with Crippen LogP contribution >= 0.6 is 0 Å². The topological polar surface area (TPSA) is 77.2 Å². The molecule has 1 aliphatic rings. The van der Waals surface area contributed by atoms with Gasteiger partial charge >= 0.3 is 6.01 Å². The summed E-state index contributed by atoms with van der Waals surface area (Å²) in [5.41, 5.74) is 5.73. The molecule has 1 aromatic heterocycles. The van der Waals surface area contributed by atoms with Crippen molar-refractivity contribution in [3.05, 3.63) is 0 Å². The summed E-state index contributed by atoms with van der Waals surface area (Å²) in [5.74, 6) is 1.55. The highest BCUT2D eigenvalue weighted by Gasteiger charge is 2.17. The van der Waals surface area contributed by atoms with Gasteiger partial charge in [-0.05, 0) is 25.2 Å². The summed E-state index contributed by atoms with van der Waals surface area (Å²) in [5, 5.41) is 0.